The number of sulfonamides is 1. The maximum absolute atomic E-state index is 12.2. The van der Waals surface area contributed by atoms with E-state index in [-0.39, 0.29) is 23.2 Å². The summed E-state index contributed by atoms with van der Waals surface area (Å²) in [5.74, 6) is -1.35. The lowest BCUT2D eigenvalue weighted by Gasteiger charge is -2.10. The van der Waals surface area contributed by atoms with E-state index in [4.69, 9.17) is 9.15 Å². The smallest absolute Gasteiger partial charge is 0.340 e. The van der Waals surface area contributed by atoms with Crippen LogP contribution in [-0.4, -0.2) is 43.4 Å². The molecule has 1 aromatic heterocycles. The van der Waals surface area contributed by atoms with Gasteiger partial charge in [0.25, 0.3) is 5.91 Å². The number of carbonyl (C=O) groups excluding carboxylic acids is 2. The van der Waals surface area contributed by atoms with Gasteiger partial charge in [0.2, 0.25) is 15.9 Å². The van der Waals surface area contributed by atoms with Crippen LogP contribution in [0.4, 0.5) is 11.7 Å². The number of aromatic nitrogens is 2. The fraction of sp³-hybridized carbons (Fsp3) is 0.111. The van der Waals surface area contributed by atoms with Gasteiger partial charge in [-0.15, -0.1) is 5.10 Å². The van der Waals surface area contributed by atoms with Crippen LogP contribution in [0.3, 0.4) is 0 Å². The second-order valence-electron chi connectivity index (χ2n) is 5.82. The molecule has 0 spiro atoms. The Balaban J connectivity index is 1.59. The highest BCUT2D eigenvalue weighted by atomic mass is 32.2. The third-order valence-electron chi connectivity index (χ3n) is 3.47. The second-order valence-corrected chi connectivity index (χ2v) is 7.57. The number of ether oxygens (including phenoxy) is 1. The van der Waals surface area contributed by atoms with Crippen LogP contribution in [-0.2, 0) is 19.6 Å². The maximum atomic E-state index is 12.2. The summed E-state index contributed by atoms with van der Waals surface area (Å²) in [6.07, 6.45) is 0.955. The summed E-state index contributed by atoms with van der Waals surface area (Å²) in [7, 11) is -3.59. The summed E-state index contributed by atoms with van der Waals surface area (Å²) in [6, 6.07) is 14.7. The van der Waals surface area contributed by atoms with Crippen molar-refractivity contribution in [3.63, 3.8) is 0 Å². The number of benzene rings is 2. The molecule has 10 nitrogen and oxygen atoms in total. The number of rotatable bonds is 7. The van der Waals surface area contributed by atoms with Crippen molar-refractivity contribution in [2.75, 3.05) is 22.9 Å². The van der Waals surface area contributed by atoms with Gasteiger partial charge in [0.15, 0.2) is 6.61 Å². The van der Waals surface area contributed by atoms with E-state index in [0.717, 1.165) is 6.26 Å². The van der Waals surface area contributed by atoms with Crippen LogP contribution in [0.2, 0.25) is 0 Å². The van der Waals surface area contributed by atoms with Gasteiger partial charge in [-0.2, -0.15) is 0 Å². The average molecular weight is 416 g/mol. The molecular formula is C18H16N4O6S. The number of esters is 1. The Hall–Kier alpha value is -3.73. The van der Waals surface area contributed by atoms with Crippen LogP contribution in [0.15, 0.2) is 59.0 Å². The molecule has 29 heavy (non-hydrogen) atoms. The molecule has 0 aliphatic carbocycles. The van der Waals surface area contributed by atoms with E-state index in [1.54, 1.807) is 30.3 Å². The minimum absolute atomic E-state index is 0.0325. The maximum Gasteiger partial charge on any atom is 0.340 e. The zero-order valence-corrected chi connectivity index (χ0v) is 16.0. The Morgan fingerprint density at radius 1 is 1.03 bits per heavy atom. The highest BCUT2D eigenvalue weighted by molar-refractivity contribution is 7.92. The molecule has 0 unspecified atom stereocenters. The zero-order valence-electron chi connectivity index (χ0n) is 15.2. The number of anilines is 2. The second kappa shape index (κ2) is 8.52. The van der Waals surface area contributed by atoms with E-state index in [0.29, 0.717) is 5.56 Å². The van der Waals surface area contributed by atoms with Crippen molar-refractivity contribution in [1.29, 1.82) is 0 Å². The van der Waals surface area contributed by atoms with Crippen molar-refractivity contribution >= 4 is 33.6 Å². The first-order chi connectivity index (χ1) is 13.8. The third kappa shape index (κ3) is 5.62. The van der Waals surface area contributed by atoms with Crippen molar-refractivity contribution in [2.24, 2.45) is 0 Å². The van der Waals surface area contributed by atoms with Crippen molar-refractivity contribution in [2.45, 2.75) is 0 Å². The van der Waals surface area contributed by atoms with E-state index in [9.17, 15) is 18.0 Å². The van der Waals surface area contributed by atoms with Gasteiger partial charge in [-0.3, -0.25) is 14.8 Å². The zero-order chi connectivity index (χ0) is 20.9. The molecule has 1 amide bonds. The van der Waals surface area contributed by atoms with Crippen LogP contribution in [0.1, 0.15) is 10.4 Å². The number of hydrogen-bond donors (Lipinski definition) is 2. The van der Waals surface area contributed by atoms with Crippen molar-refractivity contribution in [3.05, 3.63) is 60.2 Å². The fourth-order valence-corrected chi connectivity index (χ4v) is 2.86. The van der Waals surface area contributed by atoms with Crippen molar-refractivity contribution in [3.8, 4) is 11.5 Å². The summed E-state index contributed by atoms with van der Waals surface area (Å²) >= 11 is 0. The van der Waals surface area contributed by atoms with E-state index < -0.39 is 28.5 Å². The number of para-hydroxylation sites is 1. The number of nitrogens with zero attached hydrogens (tertiary/aromatic N) is 2. The van der Waals surface area contributed by atoms with Crippen LogP contribution in [0.5, 0.6) is 0 Å². The summed E-state index contributed by atoms with van der Waals surface area (Å²) in [4.78, 5) is 24.2. The number of hydrogen-bond acceptors (Lipinski definition) is 8. The molecule has 0 radical (unpaired) electrons. The van der Waals surface area contributed by atoms with Gasteiger partial charge in [0.05, 0.1) is 17.5 Å². The third-order valence-corrected chi connectivity index (χ3v) is 4.06. The molecule has 0 saturated carbocycles. The molecular weight excluding hydrogens is 400 g/mol. The minimum Gasteiger partial charge on any atom is -0.452 e. The first kappa shape index (κ1) is 20.0. The Labute approximate surface area is 166 Å². The van der Waals surface area contributed by atoms with E-state index in [1.807, 2.05) is 6.07 Å². The normalized spacial score (nSPS) is 10.9. The van der Waals surface area contributed by atoms with Gasteiger partial charge in [-0.25, -0.2) is 13.2 Å². The molecule has 0 bridgehead atoms. The quantitative estimate of drug-likeness (QED) is 0.557. The largest absolute Gasteiger partial charge is 0.452 e. The van der Waals surface area contributed by atoms with Gasteiger partial charge in [-0.1, -0.05) is 35.4 Å². The molecule has 0 aliphatic heterocycles. The number of carbonyl (C=O) groups is 2. The van der Waals surface area contributed by atoms with Gasteiger partial charge >= 0.3 is 12.0 Å². The molecule has 150 valence electrons. The molecule has 0 atom stereocenters. The Morgan fingerprint density at radius 2 is 1.72 bits per heavy atom. The molecule has 2 aromatic carbocycles. The molecule has 11 heteroatoms. The van der Waals surface area contributed by atoms with Crippen LogP contribution in [0.25, 0.3) is 11.5 Å². The van der Waals surface area contributed by atoms with Gasteiger partial charge < -0.3 is 9.15 Å². The molecule has 3 rings (SSSR count). The Kier molecular flexibility index (Phi) is 5.88. The molecule has 0 fully saturated rings. The van der Waals surface area contributed by atoms with E-state index in [2.05, 4.69) is 20.2 Å². The summed E-state index contributed by atoms with van der Waals surface area (Å²) in [5.41, 5.74) is 0.696. The summed E-state index contributed by atoms with van der Waals surface area (Å²) < 4.78 is 35.3. The van der Waals surface area contributed by atoms with Crippen LogP contribution in [0, 0.1) is 0 Å². The lowest BCUT2D eigenvalue weighted by Crippen LogP contribution is -2.22. The Bertz CT molecular complexity index is 1130. The minimum atomic E-state index is -3.59. The van der Waals surface area contributed by atoms with Gasteiger partial charge in [0, 0.05) is 5.56 Å². The summed E-state index contributed by atoms with van der Waals surface area (Å²) in [6.45, 7) is -0.630. The number of amides is 1. The molecule has 1 heterocycles. The molecule has 0 saturated heterocycles. The summed E-state index contributed by atoms with van der Waals surface area (Å²) in [5, 5.41) is 9.85. The number of nitrogens with one attached hydrogen (secondary N) is 2. The first-order valence-corrected chi connectivity index (χ1v) is 10.1. The fourth-order valence-electron chi connectivity index (χ4n) is 2.29. The van der Waals surface area contributed by atoms with E-state index in [1.165, 1.54) is 18.2 Å². The predicted molar refractivity (Wildman–Crippen MR) is 104 cm³/mol. The van der Waals surface area contributed by atoms with Crippen molar-refractivity contribution in [1.82, 2.24) is 10.2 Å². The monoisotopic (exact) mass is 416 g/mol. The highest BCUT2D eigenvalue weighted by Gasteiger charge is 2.17. The highest BCUT2D eigenvalue weighted by Crippen LogP contribution is 2.19. The van der Waals surface area contributed by atoms with E-state index >= 15 is 0 Å². The molecule has 2 N–H and O–H groups in total. The van der Waals surface area contributed by atoms with Crippen LogP contribution >= 0.6 is 0 Å². The predicted octanol–water partition coefficient (Wildman–Crippen LogP) is 1.90. The lowest BCUT2D eigenvalue weighted by atomic mass is 10.2. The average Bonchev–Trinajstić information content (AvgIpc) is 3.14. The molecule has 0 aliphatic rings. The first-order valence-electron chi connectivity index (χ1n) is 8.24. The molecule has 3 aromatic rings. The standard InChI is InChI=1S/C18H16N4O6S/c1-29(25,26)22-14-10-6-5-9-13(14)17(24)27-11-15(23)19-18-21-20-16(28-18)12-7-3-2-4-8-12/h2-10,22H,11H2,1H3,(H,19,21,23). The van der Waals surface area contributed by atoms with Gasteiger partial charge in [0.1, 0.15) is 0 Å². The van der Waals surface area contributed by atoms with Crippen molar-refractivity contribution < 1.29 is 27.2 Å². The lowest BCUT2D eigenvalue weighted by molar-refractivity contribution is -0.119. The van der Waals surface area contributed by atoms with Gasteiger partial charge in [-0.05, 0) is 24.3 Å². The SMILES string of the molecule is CS(=O)(=O)Nc1ccccc1C(=O)OCC(=O)Nc1nnc(-c2ccccc2)o1. The van der Waals surface area contributed by atoms with Crippen LogP contribution < -0.4 is 10.0 Å². The topological polar surface area (TPSA) is 140 Å². The Morgan fingerprint density at radius 3 is 2.45 bits per heavy atom.